The number of rotatable bonds is 18. The Hall–Kier alpha value is -4.21. The molecule has 2 aromatic carbocycles. The number of fused-ring (bicyclic) bond motifs is 2. The minimum Gasteiger partial charge on any atom is -0.493 e. The molecule has 0 bridgehead atoms. The fourth-order valence-corrected chi connectivity index (χ4v) is 6.18. The number of benzene rings is 2. The van der Waals surface area contributed by atoms with Crippen molar-refractivity contribution in [2.75, 3.05) is 40.6 Å². The zero-order chi connectivity index (χ0) is 35.7. The van der Waals surface area contributed by atoms with Crippen molar-refractivity contribution in [2.45, 2.75) is 65.1 Å². The number of hydrogen-bond acceptors (Lipinski definition) is 12. The van der Waals surface area contributed by atoms with Crippen LogP contribution >= 0.6 is 23.7 Å². The molecule has 50 heavy (non-hydrogen) atoms. The molecule has 0 fully saturated rings. The predicted molar refractivity (Wildman–Crippen MR) is 182 cm³/mol. The average Bonchev–Trinajstić information content (AvgIpc) is 3.73. The molecule has 2 heterocycles. The van der Waals surface area contributed by atoms with Crippen LogP contribution in [0.25, 0.3) is 10.1 Å². The molecule has 4 rings (SSSR count). The van der Waals surface area contributed by atoms with Gasteiger partial charge in [-0.15, -0.1) is 23.7 Å². The molecule has 0 spiro atoms. The van der Waals surface area contributed by atoms with Crippen LogP contribution in [0.1, 0.15) is 66.8 Å². The first kappa shape index (κ1) is 40.2. The number of nitrogens with zero attached hydrogens (tertiary/aromatic N) is 1. The highest BCUT2D eigenvalue weighted by Gasteiger charge is 2.30. The summed E-state index contributed by atoms with van der Waals surface area (Å²) in [5, 5.41) is 0.176. The highest BCUT2D eigenvalue weighted by atomic mass is 35.5. The molecule has 12 nitrogen and oxygen atoms in total. The van der Waals surface area contributed by atoms with Gasteiger partial charge in [-0.3, -0.25) is 19.2 Å². The van der Waals surface area contributed by atoms with E-state index in [9.17, 15) is 19.2 Å². The van der Waals surface area contributed by atoms with E-state index in [1.54, 1.807) is 26.0 Å². The van der Waals surface area contributed by atoms with Gasteiger partial charge in [-0.2, -0.15) is 0 Å². The van der Waals surface area contributed by atoms with Gasteiger partial charge >= 0.3 is 11.9 Å². The molecule has 1 aliphatic rings. The van der Waals surface area contributed by atoms with Crippen LogP contribution in [-0.2, 0) is 36.9 Å². The highest BCUT2D eigenvalue weighted by Crippen LogP contribution is 2.41. The van der Waals surface area contributed by atoms with Gasteiger partial charge < -0.3 is 39.1 Å². The molecule has 2 N–H and O–H groups in total. The Kier molecular flexibility index (Phi) is 15.0. The van der Waals surface area contributed by atoms with Gasteiger partial charge in [0, 0.05) is 60.6 Å². The number of esters is 2. The van der Waals surface area contributed by atoms with Crippen molar-refractivity contribution in [1.82, 2.24) is 4.90 Å². The fraction of sp³-hybridized carbons (Fsp3) is 0.471. The van der Waals surface area contributed by atoms with Crippen LogP contribution in [0.4, 0.5) is 8.78 Å². The van der Waals surface area contributed by atoms with Crippen LogP contribution in [-0.4, -0.2) is 75.2 Å². The van der Waals surface area contributed by atoms with Crippen LogP contribution < -0.4 is 24.7 Å². The number of carbonyl (C=O) groups excluding carboxylic acids is 4. The van der Waals surface area contributed by atoms with E-state index < -0.39 is 29.7 Å². The van der Waals surface area contributed by atoms with E-state index in [1.807, 2.05) is 0 Å². The molecule has 0 saturated carbocycles. The molecule has 0 unspecified atom stereocenters. The molecule has 1 aromatic heterocycles. The summed E-state index contributed by atoms with van der Waals surface area (Å²) in [5.41, 5.74) is 6.30. The second-order valence-electron chi connectivity index (χ2n) is 11.2. The van der Waals surface area contributed by atoms with E-state index in [0.717, 1.165) is 11.3 Å². The van der Waals surface area contributed by atoms with Gasteiger partial charge in [-0.05, 0) is 31.5 Å². The number of thiophene rings is 1. The third-order valence-electron chi connectivity index (χ3n) is 7.69. The number of nitrogens with two attached hydrogens (primary N) is 1. The Morgan fingerprint density at radius 3 is 2.18 bits per heavy atom. The third kappa shape index (κ3) is 9.73. The predicted octanol–water partition coefficient (Wildman–Crippen LogP) is 5.51. The summed E-state index contributed by atoms with van der Waals surface area (Å²) in [4.78, 5) is 50.7. The van der Waals surface area contributed by atoms with Crippen molar-refractivity contribution in [2.24, 2.45) is 5.73 Å². The topological polar surface area (TPSA) is 153 Å². The first-order valence-corrected chi connectivity index (χ1v) is 16.6. The molecule has 3 aromatic rings. The standard InChI is InChI=1S/C34H40F2N2O10S.ClH/c1-5-45-29(41)9-7-23(39)27-14-21-26(49-27)15-25(44-4)34(31(21)35)47-12-6-11-46-33-24(43-3)13-20-17-38(18-22(20)32(33)36)28(40)8-10-30(42)48-19(2)16-37;/h13-15,19H,5-12,16-18,37H2,1-4H3;1H/t19-;/m0./s1. The molecule has 274 valence electrons. The van der Waals surface area contributed by atoms with Crippen molar-refractivity contribution >= 4 is 57.5 Å². The Balaban J connectivity index is 0.00000676. The van der Waals surface area contributed by atoms with E-state index >= 15 is 8.78 Å². The van der Waals surface area contributed by atoms with Crippen LogP contribution in [0, 0.1) is 11.6 Å². The highest BCUT2D eigenvalue weighted by molar-refractivity contribution is 7.20. The maximum atomic E-state index is 15.6. The largest absolute Gasteiger partial charge is 0.493 e. The summed E-state index contributed by atoms with van der Waals surface area (Å²) in [6.07, 6.45) is -0.564. The molecular weight excluding hydrogens is 702 g/mol. The zero-order valence-electron chi connectivity index (χ0n) is 28.3. The third-order valence-corrected chi connectivity index (χ3v) is 8.81. The van der Waals surface area contributed by atoms with E-state index in [1.165, 1.54) is 25.2 Å². The van der Waals surface area contributed by atoms with E-state index in [-0.39, 0.29) is 130 Å². The molecule has 1 aliphatic heterocycles. The molecule has 0 aliphatic carbocycles. The van der Waals surface area contributed by atoms with Crippen molar-refractivity contribution < 1.29 is 56.4 Å². The van der Waals surface area contributed by atoms with Crippen LogP contribution in [0.5, 0.6) is 23.0 Å². The van der Waals surface area contributed by atoms with Gasteiger partial charge in [0.2, 0.25) is 5.91 Å². The van der Waals surface area contributed by atoms with Gasteiger partial charge in [0.15, 0.2) is 40.4 Å². The lowest BCUT2D eigenvalue weighted by molar-refractivity contribution is -0.150. The van der Waals surface area contributed by atoms with Gasteiger partial charge in [0.1, 0.15) is 6.10 Å². The molecule has 0 saturated heterocycles. The molecule has 16 heteroatoms. The summed E-state index contributed by atoms with van der Waals surface area (Å²) < 4.78 is 63.8. The first-order valence-electron chi connectivity index (χ1n) is 15.8. The number of ether oxygens (including phenoxy) is 6. The summed E-state index contributed by atoms with van der Waals surface area (Å²) in [7, 11) is 2.74. The van der Waals surface area contributed by atoms with Crippen molar-refractivity contribution in [3.63, 3.8) is 0 Å². The van der Waals surface area contributed by atoms with Gasteiger partial charge in [0.25, 0.3) is 0 Å². The second-order valence-corrected chi connectivity index (χ2v) is 12.3. The van der Waals surface area contributed by atoms with Crippen molar-refractivity contribution in [1.29, 1.82) is 0 Å². The molecular formula is C34H41ClF2N2O10S. The number of halogens is 3. The van der Waals surface area contributed by atoms with Gasteiger partial charge in [0.05, 0.1) is 51.8 Å². The maximum Gasteiger partial charge on any atom is 0.306 e. The van der Waals surface area contributed by atoms with Crippen molar-refractivity contribution in [3.05, 3.63) is 45.8 Å². The molecule has 1 atom stereocenters. The number of Topliss-reactive ketones (excluding diaryl/α,β-unsaturated/α-hetero) is 1. The number of carbonyl (C=O) groups is 4. The maximum absolute atomic E-state index is 15.6. The monoisotopic (exact) mass is 742 g/mol. The first-order chi connectivity index (χ1) is 23.5. The lowest BCUT2D eigenvalue weighted by Gasteiger charge is -2.16. The smallest absolute Gasteiger partial charge is 0.306 e. The van der Waals surface area contributed by atoms with E-state index in [2.05, 4.69) is 0 Å². The number of amides is 1. The lowest BCUT2D eigenvalue weighted by Crippen LogP contribution is -2.27. The zero-order valence-corrected chi connectivity index (χ0v) is 29.9. The van der Waals surface area contributed by atoms with Crippen molar-refractivity contribution in [3.8, 4) is 23.0 Å². The minimum atomic E-state index is -0.705. The molecule has 1 amide bonds. The quantitative estimate of drug-likeness (QED) is 0.0998. The number of ketones is 1. The Morgan fingerprint density at radius 2 is 1.54 bits per heavy atom. The van der Waals surface area contributed by atoms with Crippen LogP contribution in [0.2, 0.25) is 0 Å². The van der Waals surface area contributed by atoms with Crippen LogP contribution in [0.15, 0.2) is 18.2 Å². The summed E-state index contributed by atoms with van der Waals surface area (Å²) in [5.74, 6) is -3.01. The number of methoxy groups -OCH3 is 2. The fourth-order valence-electron chi connectivity index (χ4n) is 5.12. The number of hydrogen-bond donors (Lipinski definition) is 1. The summed E-state index contributed by atoms with van der Waals surface area (Å²) in [6.45, 7) is 3.84. The van der Waals surface area contributed by atoms with E-state index in [4.69, 9.17) is 34.2 Å². The normalized spacial score (nSPS) is 12.5. The van der Waals surface area contributed by atoms with E-state index in [0.29, 0.717) is 15.1 Å². The van der Waals surface area contributed by atoms with Gasteiger partial charge in [-0.25, -0.2) is 8.78 Å². The lowest BCUT2D eigenvalue weighted by atomic mass is 10.1. The second kappa shape index (κ2) is 18.7. The van der Waals surface area contributed by atoms with Gasteiger partial charge in [-0.1, -0.05) is 0 Å². The summed E-state index contributed by atoms with van der Waals surface area (Å²) >= 11 is 1.08. The Bertz CT molecular complexity index is 1700. The average molecular weight is 743 g/mol. The Labute approximate surface area is 298 Å². The SMILES string of the molecule is CCOC(=O)CCC(=O)c1cc2c(F)c(OCCCOc3c(OC)cc4c(c3F)CN(C(=O)CCC(=O)O[C@@H](C)CN)C4)c(OC)cc2s1.Cl. The van der Waals surface area contributed by atoms with Crippen LogP contribution in [0.3, 0.4) is 0 Å². The summed E-state index contributed by atoms with van der Waals surface area (Å²) in [6, 6.07) is 4.61. The Morgan fingerprint density at radius 1 is 0.900 bits per heavy atom. The molecule has 0 radical (unpaired) electrons. The minimum absolute atomic E-state index is 0.